The number of nitrogens with zero attached hydrogens (tertiary/aromatic N) is 3. The summed E-state index contributed by atoms with van der Waals surface area (Å²) >= 11 is 10.1. The predicted molar refractivity (Wildman–Crippen MR) is 140 cm³/mol. The molecule has 0 aliphatic heterocycles. The number of hydrogen-bond donors (Lipinski definition) is 0. The van der Waals surface area contributed by atoms with Crippen LogP contribution < -0.4 is 0 Å². The highest BCUT2D eigenvalue weighted by molar-refractivity contribution is 7.25. The van der Waals surface area contributed by atoms with E-state index in [9.17, 15) is 0 Å². The highest BCUT2D eigenvalue weighted by Crippen LogP contribution is 2.44. The second kappa shape index (κ2) is 7.45. The van der Waals surface area contributed by atoms with Crippen molar-refractivity contribution in [2.24, 2.45) is 0 Å². The van der Waals surface area contributed by atoms with Gasteiger partial charge in [0.15, 0.2) is 5.82 Å². The summed E-state index contributed by atoms with van der Waals surface area (Å²) in [5, 5.41) is 4.05. The number of rotatable bonds is 2. The molecule has 0 fully saturated rings. The van der Waals surface area contributed by atoms with Crippen LogP contribution in [0.25, 0.3) is 47.7 Å². The number of allylic oxidation sites excluding steroid dienone is 1. The summed E-state index contributed by atoms with van der Waals surface area (Å²) in [5.41, 5.74) is 2.26. The molecule has 1 aliphatic carbocycles. The lowest BCUT2D eigenvalue weighted by Crippen LogP contribution is -2.10. The van der Waals surface area contributed by atoms with Gasteiger partial charge in [0, 0.05) is 41.2 Å². The van der Waals surface area contributed by atoms with Crippen molar-refractivity contribution in [1.29, 1.82) is 0 Å². The van der Waals surface area contributed by atoms with Crippen molar-refractivity contribution < 1.29 is 0 Å². The first kappa shape index (κ1) is 19.4. The summed E-state index contributed by atoms with van der Waals surface area (Å²) in [7, 11) is 0. The molecule has 33 heavy (non-hydrogen) atoms. The molecule has 3 heterocycles. The van der Waals surface area contributed by atoms with Gasteiger partial charge in [0.2, 0.25) is 5.28 Å². The van der Waals surface area contributed by atoms with Crippen LogP contribution in [-0.4, -0.2) is 15.0 Å². The van der Waals surface area contributed by atoms with E-state index in [1.807, 2.05) is 11.3 Å². The van der Waals surface area contributed by atoms with E-state index in [0.29, 0.717) is 5.82 Å². The first-order chi connectivity index (χ1) is 16.2. The fourth-order valence-electron chi connectivity index (χ4n) is 4.75. The maximum Gasteiger partial charge on any atom is 0.226 e. The molecule has 1 unspecified atom stereocenters. The van der Waals surface area contributed by atoms with E-state index in [-0.39, 0.29) is 11.2 Å². The molecule has 3 aromatic carbocycles. The Balaban J connectivity index is 1.37. The van der Waals surface area contributed by atoms with E-state index in [1.54, 1.807) is 11.3 Å². The first-order valence-corrected chi connectivity index (χ1v) is 12.8. The number of benzene rings is 3. The van der Waals surface area contributed by atoms with Gasteiger partial charge in [-0.15, -0.1) is 22.7 Å². The van der Waals surface area contributed by atoms with Crippen LogP contribution in [0.1, 0.15) is 28.6 Å². The number of hydrogen-bond acceptors (Lipinski definition) is 5. The number of thiophene rings is 2. The zero-order chi connectivity index (χ0) is 21.9. The van der Waals surface area contributed by atoms with Crippen molar-refractivity contribution >= 4 is 70.6 Å². The van der Waals surface area contributed by atoms with Crippen LogP contribution in [-0.2, 0) is 0 Å². The van der Waals surface area contributed by atoms with E-state index in [0.717, 1.165) is 17.8 Å². The van der Waals surface area contributed by atoms with Crippen LogP contribution in [0, 0.1) is 0 Å². The Morgan fingerprint density at radius 3 is 2.39 bits per heavy atom. The highest BCUT2D eigenvalue weighted by Gasteiger charge is 2.27. The third-order valence-electron chi connectivity index (χ3n) is 6.23. The Bertz CT molecular complexity index is 1730. The van der Waals surface area contributed by atoms with Crippen LogP contribution in [0.4, 0.5) is 0 Å². The van der Waals surface area contributed by atoms with Gasteiger partial charge in [-0.2, -0.15) is 4.98 Å². The molecule has 6 heteroatoms. The van der Waals surface area contributed by atoms with Gasteiger partial charge in [-0.05, 0) is 53.2 Å². The zero-order valence-corrected chi connectivity index (χ0v) is 19.7. The van der Waals surface area contributed by atoms with Gasteiger partial charge in [-0.3, -0.25) is 0 Å². The Morgan fingerprint density at radius 1 is 0.758 bits per heavy atom. The Hall–Kier alpha value is -3.12. The fourth-order valence-corrected chi connectivity index (χ4v) is 7.26. The first-order valence-electron chi connectivity index (χ1n) is 10.8. The number of aromatic nitrogens is 3. The SMILES string of the molecule is Clc1nc(-c2ccc3c(c2)sc2ccccc23)nc(C2CC=Cc3sc4ccccc4c32)n1. The van der Waals surface area contributed by atoms with Crippen molar-refractivity contribution in [3.05, 3.63) is 94.4 Å². The van der Waals surface area contributed by atoms with Gasteiger partial charge in [-0.25, -0.2) is 9.97 Å². The molecular weight excluding hydrogens is 466 g/mol. The fraction of sp³-hybridized carbons (Fsp3) is 0.0741. The lowest BCUT2D eigenvalue weighted by atomic mass is 9.88. The van der Waals surface area contributed by atoms with Crippen molar-refractivity contribution in [1.82, 2.24) is 15.0 Å². The van der Waals surface area contributed by atoms with Gasteiger partial charge in [0.25, 0.3) is 0 Å². The van der Waals surface area contributed by atoms with Crippen LogP contribution in [0.5, 0.6) is 0 Å². The Kier molecular flexibility index (Phi) is 4.37. The molecule has 0 spiro atoms. The van der Waals surface area contributed by atoms with Gasteiger partial charge in [0.05, 0.1) is 0 Å². The average Bonchev–Trinajstić information content (AvgIpc) is 3.41. The third kappa shape index (κ3) is 3.11. The van der Waals surface area contributed by atoms with Crippen molar-refractivity contribution in [2.75, 3.05) is 0 Å². The van der Waals surface area contributed by atoms with Crippen molar-refractivity contribution in [3.8, 4) is 11.4 Å². The lowest BCUT2D eigenvalue weighted by Gasteiger charge is -2.19. The van der Waals surface area contributed by atoms with Crippen molar-refractivity contribution in [2.45, 2.75) is 12.3 Å². The molecule has 0 saturated heterocycles. The number of fused-ring (bicyclic) bond motifs is 6. The van der Waals surface area contributed by atoms with E-state index < -0.39 is 0 Å². The van der Waals surface area contributed by atoms with Gasteiger partial charge in [0.1, 0.15) is 5.82 Å². The van der Waals surface area contributed by atoms with Crippen molar-refractivity contribution in [3.63, 3.8) is 0 Å². The molecule has 1 aliphatic rings. The molecule has 3 nitrogen and oxygen atoms in total. The summed E-state index contributed by atoms with van der Waals surface area (Å²) in [6.45, 7) is 0. The molecule has 0 amide bonds. The maximum absolute atomic E-state index is 6.45. The normalized spacial score (nSPS) is 15.5. The van der Waals surface area contributed by atoms with Gasteiger partial charge < -0.3 is 0 Å². The minimum Gasteiger partial charge on any atom is -0.212 e. The zero-order valence-electron chi connectivity index (χ0n) is 17.3. The molecule has 6 aromatic rings. The summed E-state index contributed by atoms with van der Waals surface area (Å²) in [6.07, 6.45) is 5.28. The summed E-state index contributed by atoms with van der Waals surface area (Å²) in [6, 6.07) is 23.5. The molecule has 0 saturated carbocycles. The monoisotopic (exact) mass is 481 g/mol. The number of halogens is 1. The molecule has 1 atom stereocenters. The van der Waals surface area contributed by atoms with Gasteiger partial charge in [-0.1, -0.05) is 54.6 Å². The molecule has 7 rings (SSSR count). The van der Waals surface area contributed by atoms with Crippen LogP contribution in [0.2, 0.25) is 5.28 Å². The van der Waals surface area contributed by atoms with Crippen LogP contribution in [0.3, 0.4) is 0 Å². The lowest BCUT2D eigenvalue weighted by molar-refractivity contribution is 0.746. The molecule has 0 bridgehead atoms. The smallest absolute Gasteiger partial charge is 0.212 e. The third-order valence-corrected chi connectivity index (χ3v) is 8.68. The standard InChI is InChI=1S/C27H16ClN3S2/c28-27-30-25(15-12-13-17-16-6-1-3-9-20(16)33-23(17)14-15)29-26(31-27)19-8-5-11-22-24(19)18-7-2-4-10-21(18)32-22/h1-7,9-14,19H,8H2. The van der Waals surface area contributed by atoms with Crippen LogP contribution >= 0.6 is 34.3 Å². The molecule has 0 radical (unpaired) electrons. The molecule has 0 N–H and O–H groups in total. The summed E-state index contributed by atoms with van der Waals surface area (Å²) in [4.78, 5) is 15.3. The van der Waals surface area contributed by atoms with E-state index in [4.69, 9.17) is 16.6 Å². The largest absolute Gasteiger partial charge is 0.226 e. The molecule has 3 aromatic heterocycles. The van der Waals surface area contributed by atoms with Gasteiger partial charge >= 0.3 is 0 Å². The molecule has 158 valence electrons. The van der Waals surface area contributed by atoms with E-state index >= 15 is 0 Å². The minimum absolute atomic E-state index is 0.0634. The summed E-state index contributed by atoms with van der Waals surface area (Å²) in [5.74, 6) is 1.42. The second-order valence-electron chi connectivity index (χ2n) is 8.16. The van der Waals surface area contributed by atoms with E-state index in [1.165, 1.54) is 40.7 Å². The average molecular weight is 482 g/mol. The van der Waals surface area contributed by atoms with E-state index in [2.05, 4.69) is 88.9 Å². The topological polar surface area (TPSA) is 38.7 Å². The summed E-state index contributed by atoms with van der Waals surface area (Å²) < 4.78 is 3.79. The van der Waals surface area contributed by atoms with Crippen LogP contribution in [0.15, 0.2) is 72.8 Å². The Labute approximate surface area is 203 Å². The Morgan fingerprint density at radius 2 is 1.52 bits per heavy atom. The predicted octanol–water partition coefficient (Wildman–Crippen LogP) is 8.32. The molecular formula is C27H16ClN3S2. The highest BCUT2D eigenvalue weighted by atomic mass is 35.5. The maximum atomic E-state index is 6.45. The minimum atomic E-state index is 0.0634. The second-order valence-corrected chi connectivity index (χ2v) is 10.7. The quantitative estimate of drug-likeness (QED) is 0.249.